The van der Waals surface area contributed by atoms with Gasteiger partial charge in [0.15, 0.2) is 0 Å². The molecule has 0 unspecified atom stereocenters. The molecule has 16 heavy (non-hydrogen) atoms. The van der Waals surface area contributed by atoms with Crippen molar-refractivity contribution in [1.82, 2.24) is 0 Å². The minimum Gasteiger partial charge on any atom is -0.171 e. The fraction of sp³-hybridized carbons (Fsp3) is 0.154. The van der Waals surface area contributed by atoms with Gasteiger partial charge in [-0.2, -0.15) is 13.2 Å². The molecule has 2 aromatic rings. The molecular weight excluding hydrogens is 213 g/mol. The number of rotatable bonds is 2. The first-order valence-electron chi connectivity index (χ1n) is 4.94. The lowest BCUT2D eigenvalue weighted by Crippen LogP contribution is -2.07. The van der Waals surface area contributed by atoms with Crippen molar-refractivity contribution in [2.24, 2.45) is 0 Å². The van der Waals surface area contributed by atoms with Crippen molar-refractivity contribution in [3.8, 4) is 0 Å². The van der Waals surface area contributed by atoms with Crippen molar-refractivity contribution in [2.75, 3.05) is 0 Å². The van der Waals surface area contributed by atoms with Crippen LogP contribution in [0.15, 0.2) is 42.5 Å². The van der Waals surface area contributed by atoms with Gasteiger partial charge in [-0.25, -0.2) is 0 Å². The van der Waals surface area contributed by atoms with Gasteiger partial charge in [0.05, 0.1) is 6.42 Å². The molecule has 0 saturated carbocycles. The van der Waals surface area contributed by atoms with E-state index >= 15 is 0 Å². The molecule has 0 nitrogen and oxygen atoms in total. The number of hydrogen-bond acceptors (Lipinski definition) is 0. The average Bonchev–Trinajstić information content (AvgIpc) is 2.25. The van der Waals surface area contributed by atoms with Gasteiger partial charge in [-0.15, -0.1) is 0 Å². The van der Waals surface area contributed by atoms with E-state index < -0.39 is 12.6 Å². The Morgan fingerprint density at radius 2 is 1.62 bits per heavy atom. The number of halogens is 3. The molecule has 0 bridgehead atoms. The lowest BCUT2D eigenvalue weighted by atomic mass is 10.0. The Morgan fingerprint density at radius 1 is 0.938 bits per heavy atom. The van der Waals surface area contributed by atoms with Crippen LogP contribution in [0.2, 0.25) is 0 Å². The maximum atomic E-state index is 12.1. The number of benzene rings is 2. The van der Waals surface area contributed by atoms with Crippen molar-refractivity contribution < 1.29 is 13.2 Å². The zero-order chi connectivity index (χ0) is 11.6. The monoisotopic (exact) mass is 223 g/mol. The molecule has 0 heterocycles. The van der Waals surface area contributed by atoms with Crippen LogP contribution in [0.3, 0.4) is 0 Å². The first-order chi connectivity index (χ1) is 7.56. The van der Waals surface area contributed by atoms with Crippen LogP contribution < -0.4 is 0 Å². The van der Waals surface area contributed by atoms with Gasteiger partial charge in [-0.05, 0) is 16.3 Å². The van der Waals surface area contributed by atoms with Crippen molar-refractivity contribution in [2.45, 2.75) is 12.6 Å². The van der Waals surface area contributed by atoms with Crippen molar-refractivity contribution in [1.29, 1.82) is 0 Å². The van der Waals surface area contributed by atoms with Crippen molar-refractivity contribution in [3.05, 3.63) is 54.4 Å². The Labute approximate surface area is 91.7 Å². The second-order valence-electron chi connectivity index (χ2n) is 3.59. The van der Waals surface area contributed by atoms with Crippen LogP contribution in [0.4, 0.5) is 13.2 Å². The van der Waals surface area contributed by atoms with Gasteiger partial charge in [0.25, 0.3) is 0 Å². The Kier molecular flexibility index (Phi) is 2.86. The fourth-order valence-electron chi connectivity index (χ4n) is 1.65. The summed E-state index contributed by atoms with van der Waals surface area (Å²) < 4.78 is 36.3. The molecular formula is C13H10F3. The van der Waals surface area contributed by atoms with E-state index in [1.165, 1.54) is 6.42 Å². The second kappa shape index (κ2) is 4.16. The first kappa shape index (κ1) is 11.0. The highest BCUT2D eigenvalue weighted by atomic mass is 19.4. The minimum atomic E-state index is -4.14. The van der Waals surface area contributed by atoms with E-state index in [1.54, 1.807) is 12.1 Å². The highest BCUT2D eigenvalue weighted by Gasteiger charge is 2.26. The Morgan fingerprint density at radius 3 is 2.38 bits per heavy atom. The van der Waals surface area contributed by atoms with Crippen LogP contribution in [0.5, 0.6) is 0 Å². The molecule has 0 aromatic heterocycles. The Hall–Kier alpha value is -1.51. The predicted octanol–water partition coefficient (Wildman–Crippen LogP) is 4.34. The van der Waals surface area contributed by atoms with Gasteiger partial charge in [0.2, 0.25) is 0 Å². The Bertz CT molecular complexity index is 480. The molecule has 3 heteroatoms. The average molecular weight is 223 g/mol. The fourth-order valence-corrected chi connectivity index (χ4v) is 1.65. The summed E-state index contributed by atoms with van der Waals surface area (Å²) in [5.74, 6) is 0. The summed E-state index contributed by atoms with van der Waals surface area (Å²) in [7, 11) is 0. The highest BCUT2D eigenvalue weighted by molar-refractivity contribution is 5.86. The van der Waals surface area contributed by atoms with Crippen molar-refractivity contribution in [3.63, 3.8) is 0 Å². The van der Waals surface area contributed by atoms with Crippen LogP contribution in [0.1, 0.15) is 12.0 Å². The molecule has 0 spiro atoms. The molecule has 0 saturated heterocycles. The smallest absolute Gasteiger partial charge is 0.171 e. The van der Waals surface area contributed by atoms with E-state index in [0.29, 0.717) is 5.56 Å². The third-order valence-corrected chi connectivity index (χ3v) is 2.38. The second-order valence-corrected chi connectivity index (χ2v) is 3.59. The van der Waals surface area contributed by atoms with Crippen LogP contribution in [0, 0.1) is 6.42 Å². The van der Waals surface area contributed by atoms with Crippen LogP contribution in [-0.2, 0) is 0 Å². The molecule has 0 amide bonds. The first-order valence-corrected chi connectivity index (χ1v) is 4.94. The molecule has 0 aliphatic rings. The summed E-state index contributed by atoms with van der Waals surface area (Å²) >= 11 is 0. The van der Waals surface area contributed by atoms with E-state index in [-0.39, 0.29) is 0 Å². The van der Waals surface area contributed by atoms with Crippen molar-refractivity contribution >= 4 is 10.8 Å². The van der Waals surface area contributed by atoms with E-state index in [0.717, 1.165) is 10.8 Å². The Balaban J connectivity index is 2.30. The maximum Gasteiger partial charge on any atom is 0.389 e. The van der Waals surface area contributed by atoms with Crippen LogP contribution >= 0.6 is 0 Å². The van der Waals surface area contributed by atoms with Crippen LogP contribution in [0.25, 0.3) is 10.8 Å². The topological polar surface area (TPSA) is 0 Å². The summed E-state index contributed by atoms with van der Waals surface area (Å²) in [6.45, 7) is 0. The van der Waals surface area contributed by atoms with Gasteiger partial charge in [-0.1, -0.05) is 42.5 Å². The predicted molar refractivity (Wildman–Crippen MR) is 58.0 cm³/mol. The molecule has 0 aliphatic heterocycles. The summed E-state index contributed by atoms with van der Waals surface area (Å²) in [5, 5.41) is 1.81. The molecule has 1 radical (unpaired) electrons. The highest BCUT2D eigenvalue weighted by Crippen LogP contribution is 2.26. The molecule has 2 aromatic carbocycles. The number of hydrogen-bond donors (Lipinski definition) is 0. The lowest BCUT2D eigenvalue weighted by Gasteiger charge is -2.08. The molecule has 2 rings (SSSR count). The molecule has 0 fully saturated rings. The van der Waals surface area contributed by atoms with E-state index in [4.69, 9.17) is 0 Å². The molecule has 0 atom stereocenters. The van der Waals surface area contributed by atoms with Crippen LogP contribution in [-0.4, -0.2) is 6.18 Å². The van der Waals surface area contributed by atoms with Gasteiger partial charge in [0, 0.05) is 6.42 Å². The standard InChI is InChI=1S/C13H10F3/c14-13(15,16)9-8-11-6-3-5-10-4-1-2-7-12(10)11/h1-8H,9H2. The van der Waals surface area contributed by atoms with E-state index in [2.05, 4.69) is 0 Å². The minimum absolute atomic E-state index is 0.635. The quantitative estimate of drug-likeness (QED) is 0.710. The maximum absolute atomic E-state index is 12.1. The summed E-state index contributed by atoms with van der Waals surface area (Å²) in [6, 6.07) is 12.8. The van der Waals surface area contributed by atoms with E-state index in [1.807, 2.05) is 30.3 Å². The van der Waals surface area contributed by atoms with Gasteiger partial charge >= 0.3 is 6.18 Å². The third-order valence-electron chi connectivity index (χ3n) is 2.38. The summed E-state index contributed by atoms with van der Waals surface area (Å²) in [6.07, 6.45) is -3.81. The summed E-state index contributed by atoms with van der Waals surface area (Å²) in [5.41, 5.74) is 0.635. The molecule has 0 N–H and O–H groups in total. The van der Waals surface area contributed by atoms with Gasteiger partial charge in [0.1, 0.15) is 0 Å². The normalized spacial score (nSPS) is 11.9. The van der Waals surface area contributed by atoms with Gasteiger partial charge in [-0.3, -0.25) is 0 Å². The number of fused-ring (bicyclic) bond motifs is 1. The zero-order valence-corrected chi connectivity index (χ0v) is 8.46. The lowest BCUT2D eigenvalue weighted by molar-refractivity contribution is -0.127. The molecule has 83 valence electrons. The largest absolute Gasteiger partial charge is 0.389 e. The van der Waals surface area contributed by atoms with Gasteiger partial charge < -0.3 is 0 Å². The number of alkyl halides is 3. The molecule has 0 aliphatic carbocycles. The SMILES string of the molecule is FC(F)(F)C[CH]c1cccc2ccccc12. The zero-order valence-electron chi connectivity index (χ0n) is 8.46. The third kappa shape index (κ3) is 2.54. The summed E-state index contributed by atoms with van der Waals surface area (Å²) in [4.78, 5) is 0. The van der Waals surface area contributed by atoms with E-state index in [9.17, 15) is 13.2 Å².